The number of benzene rings is 1. The third kappa shape index (κ3) is 0.929. The van der Waals surface area contributed by atoms with Crippen LogP contribution in [-0.2, 0) is 17.7 Å². The van der Waals surface area contributed by atoms with Crippen LogP contribution < -0.4 is 0 Å². The predicted molar refractivity (Wildman–Crippen MR) is 39.8 cm³/mol. The van der Waals surface area contributed by atoms with Gasteiger partial charge >= 0.3 is 0 Å². The summed E-state index contributed by atoms with van der Waals surface area (Å²) in [5, 5.41) is 0. The Morgan fingerprint density at radius 2 is 2.10 bits per heavy atom. The minimum absolute atomic E-state index is 0.458. The zero-order valence-electron chi connectivity index (χ0n) is 6.71. The molecular weight excluding hydrogens is 124 g/mol. The van der Waals surface area contributed by atoms with E-state index in [1.54, 1.807) is 0 Å². The van der Waals surface area contributed by atoms with Crippen molar-refractivity contribution in [3.8, 4) is 0 Å². The monoisotopic (exact) mass is 135 g/mol. The zero-order chi connectivity index (χ0) is 7.68. The summed E-state index contributed by atoms with van der Waals surface area (Å²) in [5.74, 6) is 0. The van der Waals surface area contributed by atoms with Crippen molar-refractivity contribution in [3.05, 3.63) is 35.4 Å². The Morgan fingerprint density at radius 1 is 1.30 bits per heavy atom. The van der Waals surface area contributed by atoms with Crippen LogP contribution >= 0.6 is 0 Å². The highest BCUT2D eigenvalue weighted by Crippen LogP contribution is 2.14. The maximum Gasteiger partial charge on any atom is 0.0719 e. The molecule has 0 aliphatic carbocycles. The number of rotatable bonds is 0. The number of ether oxygens (including phenoxy) is 1. The van der Waals surface area contributed by atoms with Gasteiger partial charge in [-0.25, -0.2) is 0 Å². The van der Waals surface area contributed by atoms with Gasteiger partial charge in [-0.05, 0) is 17.5 Å². The molecule has 1 aliphatic heterocycles. The molecule has 1 heterocycles. The fourth-order valence-corrected chi connectivity index (χ4v) is 1.19. The van der Waals surface area contributed by atoms with Crippen molar-refractivity contribution in [3.63, 3.8) is 0 Å². The SMILES string of the molecule is [2H]C1OCCc2ccccc21. The van der Waals surface area contributed by atoms with Crippen LogP contribution in [0.1, 0.15) is 12.5 Å². The average molecular weight is 135 g/mol. The van der Waals surface area contributed by atoms with Crippen LogP contribution in [0.25, 0.3) is 0 Å². The maximum atomic E-state index is 7.53. The number of fused-ring (bicyclic) bond motifs is 1. The zero-order valence-corrected chi connectivity index (χ0v) is 5.71. The van der Waals surface area contributed by atoms with Gasteiger partial charge in [-0.3, -0.25) is 0 Å². The van der Waals surface area contributed by atoms with Gasteiger partial charge < -0.3 is 4.74 Å². The summed E-state index contributed by atoms with van der Waals surface area (Å²) in [6.07, 6.45) is 0.950. The van der Waals surface area contributed by atoms with Gasteiger partial charge in [-0.1, -0.05) is 24.3 Å². The Bertz CT molecular complexity index is 259. The summed E-state index contributed by atoms with van der Waals surface area (Å²) in [6.45, 7) is 0.227. The second kappa shape index (κ2) is 2.43. The van der Waals surface area contributed by atoms with E-state index in [9.17, 15) is 0 Å². The highest BCUT2D eigenvalue weighted by Gasteiger charge is 2.06. The van der Waals surface area contributed by atoms with E-state index in [4.69, 9.17) is 6.11 Å². The van der Waals surface area contributed by atoms with Crippen molar-refractivity contribution in [2.24, 2.45) is 0 Å². The minimum atomic E-state index is -0.458. The Hall–Kier alpha value is -0.820. The molecule has 0 aromatic heterocycles. The van der Waals surface area contributed by atoms with Crippen molar-refractivity contribution in [1.29, 1.82) is 0 Å². The molecule has 1 atom stereocenters. The topological polar surface area (TPSA) is 9.23 Å². The lowest BCUT2D eigenvalue weighted by Gasteiger charge is -2.14. The lowest BCUT2D eigenvalue weighted by atomic mass is 10.0. The van der Waals surface area contributed by atoms with E-state index in [0.717, 1.165) is 12.0 Å². The van der Waals surface area contributed by atoms with Crippen molar-refractivity contribution >= 4 is 0 Å². The van der Waals surface area contributed by atoms with Gasteiger partial charge in [0.25, 0.3) is 0 Å². The first-order chi connectivity index (χ1) is 5.38. The molecule has 1 aliphatic rings. The Balaban J connectivity index is 2.44. The molecule has 2 rings (SSSR count). The second-order valence-corrected chi connectivity index (χ2v) is 2.44. The molecule has 0 N–H and O–H groups in total. The normalized spacial score (nSPS) is 25.2. The highest BCUT2D eigenvalue weighted by molar-refractivity contribution is 5.27. The summed E-state index contributed by atoms with van der Waals surface area (Å²) >= 11 is 0. The van der Waals surface area contributed by atoms with Crippen LogP contribution in [0, 0.1) is 0 Å². The van der Waals surface area contributed by atoms with Gasteiger partial charge in [0.1, 0.15) is 0 Å². The molecule has 0 saturated heterocycles. The van der Waals surface area contributed by atoms with Gasteiger partial charge in [-0.2, -0.15) is 0 Å². The fourth-order valence-electron chi connectivity index (χ4n) is 1.19. The van der Waals surface area contributed by atoms with E-state index >= 15 is 0 Å². The third-order valence-corrected chi connectivity index (χ3v) is 1.75. The largest absolute Gasteiger partial charge is 0.376 e. The summed E-state index contributed by atoms with van der Waals surface area (Å²) < 4.78 is 12.7. The van der Waals surface area contributed by atoms with Crippen molar-refractivity contribution in [1.82, 2.24) is 0 Å². The molecule has 0 spiro atoms. The first-order valence-corrected chi connectivity index (χ1v) is 3.49. The molecule has 52 valence electrons. The molecule has 0 bridgehead atoms. The van der Waals surface area contributed by atoms with Crippen LogP contribution in [0.15, 0.2) is 24.3 Å². The molecule has 0 amide bonds. The van der Waals surface area contributed by atoms with E-state index in [1.807, 2.05) is 18.2 Å². The van der Waals surface area contributed by atoms with E-state index in [-0.39, 0.29) is 0 Å². The van der Waals surface area contributed by atoms with Gasteiger partial charge in [0.05, 0.1) is 14.6 Å². The molecule has 1 unspecified atom stereocenters. The molecule has 10 heavy (non-hydrogen) atoms. The lowest BCUT2D eigenvalue weighted by molar-refractivity contribution is 0.111. The van der Waals surface area contributed by atoms with Gasteiger partial charge in [0.2, 0.25) is 0 Å². The molecule has 1 aromatic carbocycles. The third-order valence-electron chi connectivity index (χ3n) is 1.75. The summed E-state index contributed by atoms with van der Waals surface area (Å²) in [7, 11) is 0. The summed E-state index contributed by atoms with van der Waals surface area (Å²) in [4.78, 5) is 0. The molecule has 0 fully saturated rings. The smallest absolute Gasteiger partial charge is 0.0719 e. The Morgan fingerprint density at radius 3 is 2.90 bits per heavy atom. The number of hydrogen-bond acceptors (Lipinski definition) is 1. The molecular formula is C9H10O. The van der Waals surface area contributed by atoms with Crippen LogP contribution in [0.5, 0.6) is 0 Å². The quantitative estimate of drug-likeness (QED) is 0.526. The average Bonchev–Trinajstić information content (AvgIpc) is 2.06. The van der Waals surface area contributed by atoms with E-state index in [1.165, 1.54) is 5.56 Å². The summed E-state index contributed by atoms with van der Waals surface area (Å²) in [5.41, 5.74) is 2.29. The molecule has 1 heteroatoms. The first-order valence-electron chi connectivity index (χ1n) is 4.07. The van der Waals surface area contributed by atoms with E-state index in [2.05, 4.69) is 6.07 Å². The van der Waals surface area contributed by atoms with Crippen LogP contribution in [-0.4, -0.2) is 6.61 Å². The van der Waals surface area contributed by atoms with Crippen LogP contribution in [0.4, 0.5) is 0 Å². The lowest BCUT2D eigenvalue weighted by Crippen LogP contribution is -2.08. The fraction of sp³-hybridized carbons (Fsp3) is 0.333. The van der Waals surface area contributed by atoms with Crippen molar-refractivity contribution in [2.45, 2.75) is 13.0 Å². The van der Waals surface area contributed by atoms with Gasteiger partial charge in [0.15, 0.2) is 0 Å². The van der Waals surface area contributed by atoms with Gasteiger partial charge in [-0.15, -0.1) is 0 Å². The molecule has 1 aromatic rings. The van der Waals surface area contributed by atoms with Crippen molar-refractivity contribution < 1.29 is 6.11 Å². The van der Waals surface area contributed by atoms with Crippen LogP contribution in [0.3, 0.4) is 0 Å². The Labute approximate surface area is 62.0 Å². The van der Waals surface area contributed by atoms with Crippen LogP contribution in [0.2, 0.25) is 0 Å². The maximum absolute atomic E-state index is 7.53. The van der Waals surface area contributed by atoms with Gasteiger partial charge in [0, 0.05) is 0 Å². The van der Waals surface area contributed by atoms with Crippen molar-refractivity contribution in [2.75, 3.05) is 6.61 Å². The predicted octanol–water partition coefficient (Wildman–Crippen LogP) is 1.76. The Kier molecular flexibility index (Phi) is 1.19. The number of hydrogen-bond donors (Lipinski definition) is 0. The summed E-state index contributed by atoms with van der Waals surface area (Å²) in [6, 6.07) is 8.00. The van der Waals surface area contributed by atoms with E-state index < -0.39 is 6.58 Å². The molecule has 0 saturated carbocycles. The molecule has 1 nitrogen and oxygen atoms in total. The second-order valence-electron chi connectivity index (χ2n) is 2.44. The first kappa shape index (κ1) is 4.91. The minimum Gasteiger partial charge on any atom is -0.376 e. The standard InChI is InChI=1S/C9H10O/c1-2-4-9-7-10-6-5-8(9)3-1/h1-4H,5-7H2/i7D. The molecule has 0 radical (unpaired) electrons. The highest BCUT2D eigenvalue weighted by atomic mass is 16.5. The van der Waals surface area contributed by atoms with E-state index in [0.29, 0.717) is 6.61 Å².